The first kappa shape index (κ1) is 13.4. The molecule has 0 atom stereocenters. The predicted molar refractivity (Wildman–Crippen MR) is 71.9 cm³/mol. The van der Waals surface area contributed by atoms with E-state index in [9.17, 15) is 4.79 Å². The Balaban J connectivity index is 2.15. The van der Waals surface area contributed by atoms with Crippen LogP contribution in [0.5, 0.6) is 0 Å². The van der Waals surface area contributed by atoms with Crippen molar-refractivity contribution in [3.63, 3.8) is 0 Å². The number of hydrogen-bond donors (Lipinski definition) is 0. The number of hydrogen-bond acceptors (Lipinski definition) is 2. The summed E-state index contributed by atoms with van der Waals surface area (Å²) in [7, 11) is 0. The summed E-state index contributed by atoms with van der Waals surface area (Å²) in [6.45, 7) is 5.86. The van der Waals surface area contributed by atoms with Crippen LogP contribution in [0.1, 0.15) is 29.8 Å². The summed E-state index contributed by atoms with van der Waals surface area (Å²) in [4.78, 5) is 14.2. The summed E-state index contributed by atoms with van der Waals surface area (Å²) < 4.78 is 5.61. The average molecular weight is 268 g/mol. The SMILES string of the molecule is CC1(C)CN(C(=O)c2cccc(CCl)c2)CCO1. The maximum Gasteiger partial charge on any atom is 0.254 e. The lowest BCUT2D eigenvalue weighted by molar-refractivity contribution is -0.0764. The third kappa shape index (κ3) is 3.03. The topological polar surface area (TPSA) is 29.5 Å². The number of morpholine rings is 1. The number of benzene rings is 1. The monoisotopic (exact) mass is 267 g/mol. The van der Waals surface area contributed by atoms with Gasteiger partial charge in [-0.05, 0) is 31.5 Å². The van der Waals surface area contributed by atoms with Gasteiger partial charge in [0.05, 0.1) is 12.2 Å². The summed E-state index contributed by atoms with van der Waals surface area (Å²) in [5.41, 5.74) is 1.40. The van der Waals surface area contributed by atoms with Gasteiger partial charge in [-0.2, -0.15) is 0 Å². The molecule has 98 valence electrons. The van der Waals surface area contributed by atoms with E-state index in [-0.39, 0.29) is 11.5 Å². The first-order valence-electron chi connectivity index (χ1n) is 6.10. The number of ether oxygens (including phenoxy) is 1. The molecule has 18 heavy (non-hydrogen) atoms. The lowest BCUT2D eigenvalue weighted by Gasteiger charge is -2.38. The number of carbonyl (C=O) groups excluding carboxylic acids is 1. The standard InChI is InChI=1S/C14H18ClNO2/c1-14(2)10-16(6-7-18-14)13(17)12-5-3-4-11(8-12)9-15/h3-5,8H,6-7,9-10H2,1-2H3. The van der Waals surface area contributed by atoms with Crippen molar-refractivity contribution >= 4 is 17.5 Å². The van der Waals surface area contributed by atoms with Gasteiger partial charge < -0.3 is 9.64 Å². The number of carbonyl (C=O) groups is 1. The van der Waals surface area contributed by atoms with Gasteiger partial charge in [-0.3, -0.25) is 4.79 Å². The van der Waals surface area contributed by atoms with Gasteiger partial charge in [0.2, 0.25) is 0 Å². The van der Waals surface area contributed by atoms with Crippen molar-refractivity contribution < 1.29 is 9.53 Å². The second-order valence-electron chi connectivity index (χ2n) is 5.17. The van der Waals surface area contributed by atoms with Gasteiger partial charge in [0, 0.05) is 24.5 Å². The highest BCUT2D eigenvalue weighted by molar-refractivity contribution is 6.17. The molecule has 0 aliphatic carbocycles. The highest BCUT2D eigenvalue weighted by atomic mass is 35.5. The van der Waals surface area contributed by atoms with E-state index in [1.807, 2.05) is 43.0 Å². The van der Waals surface area contributed by atoms with Crippen LogP contribution < -0.4 is 0 Å². The Morgan fingerprint density at radius 1 is 1.50 bits per heavy atom. The molecule has 0 unspecified atom stereocenters. The van der Waals surface area contributed by atoms with Crippen LogP contribution >= 0.6 is 11.6 Å². The van der Waals surface area contributed by atoms with Crippen LogP contribution in [0.25, 0.3) is 0 Å². The van der Waals surface area contributed by atoms with Crippen LogP contribution in [-0.2, 0) is 10.6 Å². The zero-order valence-corrected chi connectivity index (χ0v) is 11.5. The Labute approximate surface area is 113 Å². The largest absolute Gasteiger partial charge is 0.372 e. The van der Waals surface area contributed by atoms with E-state index in [0.717, 1.165) is 5.56 Å². The van der Waals surface area contributed by atoms with E-state index >= 15 is 0 Å². The van der Waals surface area contributed by atoms with Crippen LogP contribution in [0.2, 0.25) is 0 Å². The minimum atomic E-state index is -0.266. The van der Waals surface area contributed by atoms with Crippen LogP contribution in [-0.4, -0.2) is 36.1 Å². The van der Waals surface area contributed by atoms with E-state index in [1.54, 1.807) is 0 Å². The van der Waals surface area contributed by atoms with Crippen molar-refractivity contribution in [2.45, 2.75) is 25.3 Å². The lowest BCUT2D eigenvalue weighted by Crippen LogP contribution is -2.50. The Kier molecular flexibility index (Phi) is 3.93. The highest BCUT2D eigenvalue weighted by Gasteiger charge is 2.30. The smallest absolute Gasteiger partial charge is 0.254 e. The van der Waals surface area contributed by atoms with Crippen molar-refractivity contribution in [2.75, 3.05) is 19.7 Å². The van der Waals surface area contributed by atoms with Gasteiger partial charge in [0.15, 0.2) is 0 Å². The Bertz CT molecular complexity index is 445. The van der Waals surface area contributed by atoms with E-state index in [4.69, 9.17) is 16.3 Å². The molecule has 0 spiro atoms. The second kappa shape index (κ2) is 5.29. The van der Waals surface area contributed by atoms with Crippen molar-refractivity contribution in [1.29, 1.82) is 0 Å². The van der Waals surface area contributed by atoms with Crippen molar-refractivity contribution in [1.82, 2.24) is 4.90 Å². The zero-order valence-electron chi connectivity index (χ0n) is 10.8. The fraction of sp³-hybridized carbons (Fsp3) is 0.500. The van der Waals surface area contributed by atoms with E-state index in [0.29, 0.717) is 31.1 Å². The summed E-state index contributed by atoms with van der Waals surface area (Å²) in [5.74, 6) is 0.480. The molecule has 4 heteroatoms. The Morgan fingerprint density at radius 3 is 2.94 bits per heavy atom. The number of rotatable bonds is 2. The second-order valence-corrected chi connectivity index (χ2v) is 5.44. The van der Waals surface area contributed by atoms with Crippen molar-refractivity contribution in [3.8, 4) is 0 Å². The van der Waals surface area contributed by atoms with Crippen molar-refractivity contribution in [2.24, 2.45) is 0 Å². The molecule has 3 nitrogen and oxygen atoms in total. The van der Waals surface area contributed by atoms with E-state index in [1.165, 1.54) is 0 Å². The van der Waals surface area contributed by atoms with Gasteiger partial charge in [-0.1, -0.05) is 12.1 Å². The minimum absolute atomic E-state index is 0.0540. The molecule has 1 aromatic rings. The maximum atomic E-state index is 12.4. The fourth-order valence-corrected chi connectivity index (χ4v) is 2.33. The number of halogens is 1. The molecule has 1 fully saturated rings. The lowest BCUT2D eigenvalue weighted by atomic mass is 10.1. The third-order valence-corrected chi connectivity index (χ3v) is 3.35. The molecule has 1 amide bonds. The van der Waals surface area contributed by atoms with Crippen LogP contribution in [0.3, 0.4) is 0 Å². The third-order valence-electron chi connectivity index (χ3n) is 3.04. The molecule has 2 rings (SSSR count). The number of nitrogens with zero attached hydrogens (tertiary/aromatic N) is 1. The fourth-order valence-electron chi connectivity index (χ4n) is 2.16. The molecule has 0 aromatic heterocycles. The molecule has 1 saturated heterocycles. The van der Waals surface area contributed by atoms with Crippen LogP contribution in [0.15, 0.2) is 24.3 Å². The molecule has 1 heterocycles. The summed E-state index contributed by atoms with van der Waals surface area (Å²) in [6.07, 6.45) is 0. The molecular formula is C14H18ClNO2. The minimum Gasteiger partial charge on any atom is -0.372 e. The average Bonchev–Trinajstić information content (AvgIpc) is 2.37. The first-order valence-corrected chi connectivity index (χ1v) is 6.63. The first-order chi connectivity index (χ1) is 8.52. The highest BCUT2D eigenvalue weighted by Crippen LogP contribution is 2.19. The van der Waals surface area contributed by atoms with Crippen LogP contribution in [0, 0.1) is 0 Å². The molecule has 0 bridgehead atoms. The number of alkyl halides is 1. The van der Waals surface area contributed by atoms with Crippen molar-refractivity contribution in [3.05, 3.63) is 35.4 Å². The van der Waals surface area contributed by atoms with Gasteiger partial charge in [0.25, 0.3) is 5.91 Å². The van der Waals surface area contributed by atoms with Gasteiger partial charge in [0.1, 0.15) is 0 Å². The molecule has 0 saturated carbocycles. The quantitative estimate of drug-likeness (QED) is 0.771. The zero-order chi connectivity index (χ0) is 13.2. The normalized spacial score (nSPS) is 18.7. The molecular weight excluding hydrogens is 250 g/mol. The summed E-state index contributed by atoms with van der Waals surface area (Å²) in [5, 5.41) is 0. The molecule has 0 N–H and O–H groups in total. The van der Waals surface area contributed by atoms with Gasteiger partial charge in [-0.15, -0.1) is 11.6 Å². The Hall–Kier alpha value is -1.06. The maximum absolute atomic E-state index is 12.4. The molecule has 1 aliphatic rings. The summed E-state index contributed by atoms with van der Waals surface area (Å²) in [6, 6.07) is 7.49. The summed E-state index contributed by atoms with van der Waals surface area (Å²) >= 11 is 5.79. The van der Waals surface area contributed by atoms with E-state index < -0.39 is 0 Å². The number of amides is 1. The molecule has 0 radical (unpaired) electrons. The van der Waals surface area contributed by atoms with Gasteiger partial charge >= 0.3 is 0 Å². The van der Waals surface area contributed by atoms with Crippen LogP contribution in [0.4, 0.5) is 0 Å². The predicted octanol–water partition coefficient (Wildman–Crippen LogP) is 2.68. The Morgan fingerprint density at radius 2 is 2.28 bits per heavy atom. The van der Waals surface area contributed by atoms with Gasteiger partial charge in [-0.25, -0.2) is 0 Å². The molecule has 1 aromatic carbocycles. The molecule has 1 aliphatic heterocycles. The van der Waals surface area contributed by atoms with E-state index in [2.05, 4.69) is 0 Å².